The van der Waals surface area contributed by atoms with Crippen molar-refractivity contribution in [1.29, 1.82) is 0 Å². The maximum Gasteiger partial charge on any atom is 0.222 e. The van der Waals surface area contributed by atoms with E-state index in [1.807, 2.05) is 0 Å². The van der Waals surface area contributed by atoms with Gasteiger partial charge >= 0.3 is 0 Å². The van der Waals surface area contributed by atoms with Crippen molar-refractivity contribution < 1.29 is 13.6 Å². The van der Waals surface area contributed by atoms with Gasteiger partial charge in [0.15, 0.2) is 11.6 Å². The van der Waals surface area contributed by atoms with Gasteiger partial charge in [0.1, 0.15) is 0 Å². The number of amides is 1. The topological polar surface area (TPSA) is 46.3 Å². The molecule has 94 valence electrons. The molecule has 0 aliphatic heterocycles. The third-order valence-corrected chi connectivity index (χ3v) is 2.42. The lowest BCUT2D eigenvalue weighted by molar-refractivity contribution is -0.130. The Hall–Kier alpha value is -1.49. The van der Waals surface area contributed by atoms with Gasteiger partial charge in [0.25, 0.3) is 0 Å². The molecule has 1 rings (SSSR count). The number of hydrogen-bond acceptors (Lipinski definition) is 2. The normalized spacial score (nSPS) is 10.4. The summed E-state index contributed by atoms with van der Waals surface area (Å²) in [6.45, 7) is 0.728. The van der Waals surface area contributed by atoms with E-state index in [9.17, 15) is 13.6 Å². The first-order chi connectivity index (χ1) is 8.04. The van der Waals surface area contributed by atoms with Crippen LogP contribution in [-0.2, 0) is 11.3 Å². The minimum atomic E-state index is -0.898. The summed E-state index contributed by atoms with van der Waals surface area (Å²) >= 11 is 0. The smallest absolute Gasteiger partial charge is 0.222 e. The predicted molar refractivity (Wildman–Crippen MR) is 61.1 cm³/mol. The van der Waals surface area contributed by atoms with Crippen molar-refractivity contribution in [2.75, 3.05) is 13.6 Å². The molecule has 2 N–H and O–H groups in total. The maximum absolute atomic E-state index is 12.9. The van der Waals surface area contributed by atoms with Gasteiger partial charge in [-0.25, -0.2) is 8.78 Å². The summed E-state index contributed by atoms with van der Waals surface area (Å²) in [6, 6.07) is 3.62. The summed E-state index contributed by atoms with van der Waals surface area (Å²) in [7, 11) is 1.63. The molecule has 0 unspecified atom stereocenters. The second-order valence-electron chi connectivity index (χ2n) is 3.89. The van der Waals surface area contributed by atoms with Gasteiger partial charge in [0.05, 0.1) is 0 Å². The van der Waals surface area contributed by atoms with Gasteiger partial charge in [-0.2, -0.15) is 0 Å². The van der Waals surface area contributed by atoms with Gasteiger partial charge in [-0.05, 0) is 30.7 Å². The minimum absolute atomic E-state index is 0.0554. The quantitative estimate of drug-likeness (QED) is 0.853. The summed E-state index contributed by atoms with van der Waals surface area (Å²) in [5, 5.41) is 0. The van der Waals surface area contributed by atoms with Gasteiger partial charge in [0, 0.05) is 20.0 Å². The maximum atomic E-state index is 12.9. The molecular weight excluding hydrogens is 226 g/mol. The fourth-order valence-electron chi connectivity index (χ4n) is 1.44. The number of carbonyl (C=O) groups is 1. The van der Waals surface area contributed by atoms with E-state index in [0.29, 0.717) is 24.9 Å². The van der Waals surface area contributed by atoms with Gasteiger partial charge in [-0.3, -0.25) is 4.79 Å². The molecule has 0 heterocycles. The number of hydrogen-bond donors (Lipinski definition) is 1. The van der Waals surface area contributed by atoms with Crippen molar-refractivity contribution in [1.82, 2.24) is 4.90 Å². The number of nitrogens with zero attached hydrogens (tertiary/aromatic N) is 1. The molecule has 0 fully saturated rings. The van der Waals surface area contributed by atoms with Gasteiger partial charge in [-0.15, -0.1) is 0 Å². The number of halogens is 2. The van der Waals surface area contributed by atoms with E-state index in [0.717, 1.165) is 12.1 Å². The first kappa shape index (κ1) is 13.6. The monoisotopic (exact) mass is 242 g/mol. The summed E-state index contributed by atoms with van der Waals surface area (Å²) < 4.78 is 25.6. The largest absolute Gasteiger partial charge is 0.341 e. The van der Waals surface area contributed by atoms with Crippen molar-refractivity contribution in [2.24, 2.45) is 5.73 Å². The van der Waals surface area contributed by atoms with Crippen molar-refractivity contribution in [2.45, 2.75) is 19.4 Å². The number of nitrogens with two attached hydrogens (primary N) is 1. The highest BCUT2D eigenvalue weighted by Crippen LogP contribution is 2.11. The van der Waals surface area contributed by atoms with E-state index >= 15 is 0 Å². The van der Waals surface area contributed by atoms with Crippen LogP contribution in [0, 0.1) is 11.6 Å². The number of carbonyl (C=O) groups excluding carboxylic acids is 1. The molecule has 0 saturated carbocycles. The Kier molecular flexibility index (Phi) is 5.03. The van der Waals surface area contributed by atoms with E-state index in [1.54, 1.807) is 7.05 Å². The molecule has 0 bridgehead atoms. The van der Waals surface area contributed by atoms with Crippen LogP contribution in [0.25, 0.3) is 0 Å². The molecule has 17 heavy (non-hydrogen) atoms. The van der Waals surface area contributed by atoms with E-state index in [-0.39, 0.29) is 12.5 Å². The zero-order chi connectivity index (χ0) is 12.8. The van der Waals surface area contributed by atoms with Crippen molar-refractivity contribution in [3.05, 3.63) is 35.4 Å². The lowest BCUT2D eigenvalue weighted by atomic mass is 10.2. The summed E-state index contributed by atoms with van der Waals surface area (Å²) in [4.78, 5) is 13.0. The Labute approximate surface area is 99.2 Å². The van der Waals surface area contributed by atoms with E-state index in [4.69, 9.17) is 5.73 Å². The molecule has 1 aromatic rings. The fourth-order valence-corrected chi connectivity index (χ4v) is 1.44. The Morgan fingerprint density at radius 1 is 1.35 bits per heavy atom. The molecule has 0 radical (unpaired) electrons. The van der Waals surface area contributed by atoms with Crippen LogP contribution in [0.1, 0.15) is 18.4 Å². The standard InChI is InChI=1S/C12H16F2N2O/c1-16(12(17)3-2-6-15)8-9-4-5-10(13)11(14)7-9/h4-5,7H,2-3,6,8,15H2,1H3. The highest BCUT2D eigenvalue weighted by Gasteiger charge is 2.10. The van der Waals surface area contributed by atoms with Gasteiger partial charge < -0.3 is 10.6 Å². The van der Waals surface area contributed by atoms with Crippen molar-refractivity contribution >= 4 is 5.91 Å². The number of benzene rings is 1. The average molecular weight is 242 g/mol. The summed E-state index contributed by atoms with van der Waals surface area (Å²) in [5.41, 5.74) is 5.87. The third-order valence-electron chi connectivity index (χ3n) is 2.42. The highest BCUT2D eigenvalue weighted by molar-refractivity contribution is 5.75. The molecule has 0 saturated heterocycles. The Bertz CT molecular complexity index is 396. The highest BCUT2D eigenvalue weighted by atomic mass is 19.2. The molecule has 1 aromatic carbocycles. The van der Waals surface area contributed by atoms with Gasteiger partial charge in [-0.1, -0.05) is 6.07 Å². The zero-order valence-corrected chi connectivity index (χ0v) is 9.75. The molecule has 3 nitrogen and oxygen atoms in total. The molecule has 0 atom stereocenters. The van der Waals surface area contributed by atoms with Crippen LogP contribution in [0.4, 0.5) is 8.78 Å². The molecule has 0 aliphatic rings. The Morgan fingerprint density at radius 2 is 2.06 bits per heavy atom. The van der Waals surface area contributed by atoms with E-state index < -0.39 is 11.6 Å². The average Bonchev–Trinajstić information content (AvgIpc) is 2.30. The Morgan fingerprint density at radius 3 is 2.65 bits per heavy atom. The number of rotatable bonds is 5. The van der Waals surface area contributed by atoms with Crippen LogP contribution < -0.4 is 5.73 Å². The molecular formula is C12H16F2N2O. The van der Waals surface area contributed by atoms with E-state index in [2.05, 4.69) is 0 Å². The van der Waals surface area contributed by atoms with Crippen LogP contribution >= 0.6 is 0 Å². The van der Waals surface area contributed by atoms with Crippen molar-refractivity contribution in [3.8, 4) is 0 Å². The molecule has 5 heteroatoms. The molecule has 1 amide bonds. The SMILES string of the molecule is CN(Cc1ccc(F)c(F)c1)C(=O)CCCN. The van der Waals surface area contributed by atoms with Crippen LogP contribution in [0.2, 0.25) is 0 Å². The first-order valence-corrected chi connectivity index (χ1v) is 5.42. The van der Waals surface area contributed by atoms with Crippen LogP contribution in [-0.4, -0.2) is 24.4 Å². The predicted octanol–water partition coefficient (Wildman–Crippen LogP) is 1.66. The van der Waals surface area contributed by atoms with Crippen LogP contribution in [0.15, 0.2) is 18.2 Å². The third kappa shape index (κ3) is 4.11. The summed E-state index contributed by atoms with van der Waals surface area (Å²) in [6.07, 6.45) is 0.998. The second-order valence-corrected chi connectivity index (χ2v) is 3.89. The van der Waals surface area contributed by atoms with Crippen LogP contribution in [0.5, 0.6) is 0 Å². The first-order valence-electron chi connectivity index (χ1n) is 5.42. The molecule has 0 aliphatic carbocycles. The van der Waals surface area contributed by atoms with Gasteiger partial charge in [0.2, 0.25) is 5.91 Å². The second kappa shape index (κ2) is 6.30. The van der Waals surface area contributed by atoms with E-state index in [1.165, 1.54) is 11.0 Å². The van der Waals surface area contributed by atoms with Crippen LogP contribution in [0.3, 0.4) is 0 Å². The minimum Gasteiger partial charge on any atom is -0.341 e. The fraction of sp³-hybridized carbons (Fsp3) is 0.417. The molecule has 0 spiro atoms. The molecule has 0 aromatic heterocycles. The lowest BCUT2D eigenvalue weighted by Crippen LogP contribution is -2.26. The summed E-state index contributed by atoms with van der Waals surface area (Å²) in [5.74, 6) is -1.84. The lowest BCUT2D eigenvalue weighted by Gasteiger charge is -2.17. The Balaban J connectivity index is 2.58. The van der Waals surface area contributed by atoms with Crippen molar-refractivity contribution in [3.63, 3.8) is 0 Å². The zero-order valence-electron chi connectivity index (χ0n) is 9.75.